The topological polar surface area (TPSA) is 32.8 Å². The van der Waals surface area contributed by atoms with E-state index >= 15 is 0 Å². The molecule has 0 aromatic heterocycles. The van der Waals surface area contributed by atoms with E-state index in [1.807, 2.05) is 83.7 Å². The first-order valence-electron chi connectivity index (χ1n) is 10.1. The molecule has 5 rings (SSSR count). The van der Waals surface area contributed by atoms with Crippen molar-refractivity contribution in [2.24, 2.45) is 0 Å². The van der Waals surface area contributed by atoms with E-state index in [-0.39, 0.29) is 18.0 Å². The molecule has 2 heterocycles. The van der Waals surface area contributed by atoms with Crippen molar-refractivity contribution in [2.75, 3.05) is 12.1 Å². The van der Waals surface area contributed by atoms with Gasteiger partial charge in [0.15, 0.2) is 5.60 Å². The van der Waals surface area contributed by atoms with E-state index < -0.39 is 5.60 Å². The van der Waals surface area contributed by atoms with Gasteiger partial charge in [0.25, 0.3) is 5.91 Å². The molecule has 2 aliphatic heterocycles. The monoisotopic (exact) mass is 384 g/mol. The number of nitrogens with zero attached hydrogens (tertiary/aromatic N) is 2. The van der Waals surface area contributed by atoms with Crippen molar-refractivity contribution in [3.63, 3.8) is 0 Å². The summed E-state index contributed by atoms with van der Waals surface area (Å²) < 4.78 is 0. The van der Waals surface area contributed by atoms with Crippen LogP contribution < -0.4 is 5.06 Å². The second kappa shape index (κ2) is 7.05. The van der Waals surface area contributed by atoms with Gasteiger partial charge in [-0.15, -0.1) is 0 Å². The van der Waals surface area contributed by atoms with Crippen LogP contribution in [0.3, 0.4) is 0 Å². The highest BCUT2D eigenvalue weighted by Crippen LogP contribution is 2.51. The molecule has 0 bridgehead atoms. The first-order chi connectivity index (χ1) is 14.2. The van der Waals surface area contributed by atoms with Gasteiger partial charge in [0.2, 0.25) is 0 Å². The van der Waals surface area contributed by atoms with E-state index in [1.165, 1.54) is 0 Å². The number of carbonyl (C=O) groups is 1. The third-order valence-corrected chi connectivity index (χ3v) is 6.16. The molecule has 2 saturated heterocycles. The molecule has 0 aliphatic carbocycles. The van der Waals surface area contributed by atoms with Crippen molar-refractivity contribution in [1.82, 2.24) is 4.90 Å². The Morgan fingerprint density at radius 3 is 1.83 bits per heavy atom. The zero-order chi connectivity index (χ0) is 19.8. The highest BCUT2D eigenvalue weighted by molar-refractivity contribution is 5.89. The summed E-state index contributed by atoms with van der Waals surface area (Å²) in [4.78, 5) is 21.8. The van der Waals surface area contributed by atoms with Crippen LogP contribution in [0.5, 0.6) is 0 Å². The quantitative estimate of drug-likeness (QED) is 0.643. The fraction of sp³-hybridized carbons (Fsp3) is 0.240. The molecule has 2 aliphatic rings. The van der Waals surface area contributed by atoms with Crippen LogP contribution in [-0.4, -0.2) is 23.5 Å². The predicted octanol–water partition coefficient (Wildman–Crippen LogP) is 4.91. The highest BCUT2D eigenvalue weighted by Gasteiger charge is 2.59. The van der Waals surface area contributed by atoms with Gasteiger partial charge in [-0.25, -0.2) is 5.06 Å². The lowest BCUT2D eigenvalue weighted by atomic mass is 9.88. The number of benzene rings is 3. The van der Waals surface area contributed by atoms with Gasteiger partial charge in [-0.1, -0.05) is 78.9 Å². The average molecular weight is 384 g/mol. The first kappa shape index (κ1) is 18.0. The normalized spacial score (nSPS) is 26.4. The molecule has 2 fully saturated rings. The SMILES string of the molecule is CN1C(=O)[C@]2(C[C@@H]1c1ccccc1)C[C@@H](c1ccccc1)N(c1ccccc1)O2. The fourth-order valence-electron chi connectivity index (χ4n) is 4.68. The van der Waals surface area contributed by atoms with E-state index in [0.717, 1.165) is 16.8 Å². The summed E-state index contributed by atoms with van der Waals surface area (Å²) in [6, 6.07) is 30.6. The Kier molecular flexibility index (Phi) is 4.36. The number of rotatable bonds is 3. The van der Waals surface area contributed by atoms with Crippen molar-refractivity contribution in [2.45, 2.75) is 30.5 Å². The summed E-state index contributed by atoms with van der Waals surface area (Å²) in [6.45, 7) is 0. The number of hydrogen-bond donors (Lipinski definition) is 0. The fourth-order valence-corrected chi connectivity index (χ4v) is 4.68. The Hall–Kier alpha value is -3.11. The van der Waals surface area contributed by atoms with Crippen LogP contribution >= 0.6 is 0 Å². The molecule has 0 unspecified atom stereocenters. The molecule has 3 atom stereocenters. The lowest BCUT2D eigenvalue weighted by Crippen LogP contribution is -2.39. The lowest BCUT2D eigenvalue weighted by Gasteiger charge is -2.26. The van der Waals surface area contributed by atoms with Crippen LogP contribution in [0.1, 0.15) is 36.1 Å². The smallest absolute Gasteiger partial charge is 0.258 e. The largest absolute Gasteiger partial charge is 0.336 e. The number of anilines is 1. The van der Waals surface area contributed by atoms with Crippen LogP contribution in [0.25, 0.3) is 0 Å². The van der Waals surface area contributed by atoms with Crippen LogP contribution in [0.2, 0.25) is 0 Å². The van der Waals surface area contributed by atoms with Crippen molar-refractivity contribution in [3.05, 3.63) is 102 Å². The Balaban J connectivity index is 1.53. The Labute approximate surface area is 171 Å². The van der Waals surface area contributed by atoms with Gasteiger partial charge in [0.1, 0.15) is 0 Å². The maximum absolute atomic E-state index is 13.4. The second-order valence-corrected chi connectivity index (χ2v) is 7.92. The summed E-state index contributed by atoms with van der Waals surface area (Å²) >= 11 is 0. The third kappa shape index (κ3) is 3.00. The maximum atomic E-state index is 13.4. The minimum atomic E-state index is -0.842. The number of carbonyl (C=O) groups excluding carboxylic acids is 1. The van der Waals surface area contributed by atoms with E-state index in [9.17, 15) is 4.79 Å². The van der Waals surface area contributed by atoms with Gasteiger partial charge in [0.05, 0.1) is 17.8 Å². The summed E-state index contributed by atoms with van der Waals surface area (Å²) in [5.41, 5.74) is 2.44. The van der Waals surface area contributed by atoms with E-state index in [4.69, 9.17) is 4.84 Å². The predicted molar refractivity (Wildman–Crippen MR) is 113 cm³/mol. The zero-order valence-electron chi connectivity index (χ0n) is 16.4. The number of likely N-dealkylation sites (tertiary alicyclic amines) is 1. The first-order valence-corrected chi connectivity index (χ1v) is 10.1. The molecule has 3 aromatic rings. The molecule has 4 nitrogen and oxygen atoms in total. The minimum Gasteiger partial charge on any atom is -0.336 e. The van der Waals surface area contributed by atoms with E-state index in [0.29, 0.717) is 12.8 Å². The van der Waals surface area contributed by atoms with Crippen LogP contribution in [0.15, 0.2) is 91.0 Å². The molecule has 1 spiro atoms. The zero-order valence-corrected chi connectivity index (χ0v) is 16.4. The Morgan fingerprint density at radius 2 is 1.24 bits per heavy atom. The minimum absolute atomic E-state index is 0.00882. The lowest BCUT2D eigenvalue weighted by molar-refractivity contribution is -0.144. The van der Waals surface area contributed by atoms with Crippen molar-refractivity contribution in [3.8, 4) is 0 Å². The molecule has 29 heavy (non-hydrogen) atoms. The Bertz CT molecular complexity index is 944. The third-order valence-electron chi connectivity index (χ3n) is 6.16. The standard InChI is InChI=1S/C25H24N2O2/c1-26-22(19-11-5-2-6-12-19)17-25(24(26)28)18-23(20-13-7-3-8-14-20)27(29-25)21-15-9-4-10-16-21/h2-16,22-23H,17-18H2,1H3/t22-,23+,25+/m1/s1. The van der Waals surface area contributed by atoms with Crippen molar-refractivity contribution >= 4 is 11.6 Å². The van der Waals surface area contributed by atoms with Gasteiger partial charge in [-0.2, -0.15) is 0 Å². The average Bonchev–Trinajstić information content (AvgIpc) is 3.29. The van der Waals surface area contributed by atoms with Crippen LogP contribution in [-0.2, 0) is 9.63 Å². The summed E-state index contributed by atoms with van der Waals surface area (Å²) in [6.07, 6.45) is 1.29. The van der Waals surface area contributed by atoms with Gasteiger partial charge in [-0.05, 0) is 23.3 Å². The molecule has 146 valence electrons. The molecular formula is C25H24N2O2. The van der Waals surface area contributed by atoms with Crippen LogP contribution in [0.4, 0.5) is 5.69 Å². The van der Waals surface area contributed by atoms with Gasteiger partial charge in [0, 0.05) is 19.9 Å². The van der Waals surface area contributed by atoms with E-state index in [1.54, 1.807) is 0 Å². The number of amides is 1. The molecule has 0 saturated carbocycles. The molecular weight excluding hydrogens is 360 g/mol. The molecule has 4 heteroatoms. The van der Waals surface area contributed by atoms with Gasteiger partial charge < -0.3 is 4.90 Å². The van der Waals surface area contributed by atoms with Gasteiger partial charge >= 0.3 is 0 Å². The Morgan fingerprint density at radius 1 is 0.759 bits per heavy atom. The highest BCUT2D eigenvalue weighted by atomic mass is 16.7. The van der Waals surface area contributed by atoms with Gasteiger partial charge in [-0.3, -0.25) is 9.63 Å². The summed E-state index contributed by atoms with van der Waals surface area (Å²) in [5.74, 6) is 0.0608. The number of hydrogen-bond acceptors (Lipinski definition) is 3. The van der Waals surface area contributed by atoms with Crippen LogP contribution in [0, 0.1) is 0 Å². The maximum Gasteiger partial charge on any atom is 0.258 e. The molecule has 3 aromatic carbocycles. The number of likely N-dealkylation sites (N-methyl/N-ethyl adjacent to an activating group) is 1. The van der Waals surface area contributed by atoms with Crippen molar-refractivity contribution < 1.29 is 9.63 Å². The molecule has 0 N–H and O–H groups in total. The summed E-state index contributed by atoms with van der Waals surface area (Å²) in [7, 11) is 1.89. The molecule has 0 radical (unpaired) electrons. The summed E-state index contributed by atoms with van der Waals surface area (Å²) in [5, 5.41) is 1.94. The van der Waals surface area contributed by atoms with Crippen molar-refractivity contribution in [1.29, 1.82) is 0 Å². The van der Waals surface area contributed by atoms with E-state index in [2.05, 4.69) is 24.3 Å². The molecule has 1 amide bonds. The number of hydroxylamine groups is 1. The number of para-hydroxylation sites is 1. The second-order valence-electron chi connectivity index (χ2n) is 7.92.